The molecule has 0 saturated carbocycles. The minimum Gasteiger partial charge on any atom is -0.480 e. The van der Waals surface area contributed by atoms with Crippen molar-refractivity contribution in [3.8, 4) is 5.75 Å². The van der Waals surface area contributed by atoms with Gasteiger partial charge in [-0.15, -0.1) is 0 Å². The van der Waals surface area contributed by atoms with E-state index >= 15 is 0 Å². The molecular formula is C22H17FN2O3. The first kappa shape index (κ1) is 17.7. The minimum absolute atomic E-state index is 0.274. The molecule has 28 heavy (non-hydrogen) atoms. The molecule has 0 radical (unpaired) electrons. The Kier molecular flexibility index (Phi) is 4.76. The molecule has 0 saturated heterocycles. The lowest BCUT2D eigenvalue weighted by molar-refractivity contribution is -0.122. The van der Waals surface area contributed by atoms with Crippen molar-refractivity contribution in [3.63, 3.8) is 0 Å². The molecule has 1 atom stereocenters. The van der Waals surface area contributed by atoms with Crippen molar-refractivity contribution in [1.29, 1.82) is 0 Å². The van der Waals surface area contributed by atoms with E-state index in [2.05, 4.69) is 10.6 Å². The fourth-order valence-corrected chi connectivity index (χ4v) is 3.10. The van der Waals surface area contributed by atoms with Crippen LogP contribution in [0, 0.1) is 5.82 Å². The summed E-state index contributed by atoms with van der Waals surface area (Å²) in [4.78, 5) is 25.3. The molecule has 2 amide bonds. The van der Waals surface area contributed by atoms with Gasteiger partial charge >= 0.3 is 0 Å². The molecule has 2 N–H and O–H groups in total. The first-order valence-corrected chi connectivity index (χ1v) is 8.81. The van der Waals surface area contributed by atoms with Gasteiger partial charge in [-0.25, -0.2) is 4.39 Å². The summed E-state index contributed by atoms with van der Waals surface area (Å²) in [5, 5.41) is 5.40. The summed E-state index contributed by atoms with van der Waals surface area (Å²) in [6.07, 6.45) is -0.184. The number of para-hydroxylation sites is 2. The van der Waals surface area contributed by atoms with Crippen molar-refractivity contribution in [2.45, 2.75) is 12.5 Å². The molecule has 3 aromatic carbocycles. The molecule has 4 rings (SSSR count). The van der Waals surface area contributed by atoms with Gasteiger partial charge in [-0.2, -0.15) is 0 Å². The third kappa shape index (κ3) is 3.71. The third-order valence-electron chi connectivity index (χ3n) is 4.45. The van der Waals surface area contributed by atoms with Crippen LogP contribution in [0.3, 0.4) is 0 Å². The molecule has 0 unspecified atom stereocenters. The number of halogens is 1. The van der Waals surface area contributed by atoms with E-state index in [4.69, 9.17) is 4.74 Å². The monoisotopic (exact) mass is 376 g/mol. The zero-order valence-corrected chi connectivity index (χ0v) is 14.8. The van der Waals surface area contributed by atoms with Crippen molar-refractivity contribution in [2.75, 3.05) is 10.6 Å². The van der Waals surface area contributed by atoms with Crippen molar-refractivity contribution in [2.24, 2.45) is 0 Å². The van der Waals surface area contributed by atoms with Gasteiger partial charge < -0.3 is 15.4 Å². The Labute approximate surface area is 161 Å². The fraction of sp³-hybridized carbons (Fsp3) is 0.0909. The van der Waals surface area contributed by atoms with Gasteiger partial charge in [0.1, 0.15) is 11.6 Å². The average molecular weight is 376 g/mol. The number of amides is 2. The fourth-order valence-electron chi connectivity index (χ4n) is 3.10. The summed E-state index contributed by atoms with van der Waals surface area (Å²) in [5.74, 6) is -0.531. The lowest BCUT2D eigenvalue weighted by Gasteiger charge is -2.14. The van der Waals surface area contributed by atoms with Crippen LogP contribution in [0.25, 0.3) is 0 Å². The molecule has 3 aromatic rings. The van der Waals surface area contributed by atoms with Crippen LogP contribution >= 0.6 is 0 Å². The molecule has 0 bridgehead atoms. The quantitative estimate of drug-likeness (QED) is 0.723. The lowest BCUT2D eigenvalue weighted by atomic mass is 10.1. The van der Waals surface area contributed by atoms with Crippen LogP contribution in [-0.2, 0) is 11.2 Å². The van der Waals surface area contributed by atoms with E-state index in [0.29, 0.717) is 23.5 Å². The van der Waals surface area contributed by atoms with Gasteiger partial charge in [-0.05, 0) is 42.0 Å². The van der Waals surface area contributed by atoms with Gasteiger partial charge in [0.2, 0.25) is 0 Å². The Hall–Kier alpha value is -3.67. The molecule has 0 aromatic heterocycles. The van der Waals surface area contributed by atoms with Gasteiger partial charge in [0.25, 0.3) is 11.8 Å². The molecule has 0 aliphatic carbocycles. The standard InChI is InChI=1S/C22H17FN2O3/c23-15-7-5-8-16(13-15)24-21(26)17-9-2-3-10-18(17)25-22(27)20-12-14-6-1-4-11-19(14)28-20/h1-11,13,20H,12H2,(H,24,26)(H,25,27)/t20-/m0/s1. The molecule has 1 aliphatic rings. The van der Waals surface area contributed by atoms with Crippen LogP contribution in [0.15, 0.2) is 72.8 Å². The van der Waals surface area contributed by atoms with Gasteiger partial charge in [-0.1, -0.05) is 36.4 Å². The second kappa shape index (κ2) is 7.52. The van der Waals surface area contributed by atoms with Crippen molar-refractivity contribution in [3.05, 3.63) is 89.7 Å². The Bertz CT molecular complexity index is 1030. The summed E-state index contributed by atoms with van der Waals surface area (Å²) >= 11 is 0. The molecular weight excluding hydrogens is 359 g/mol. The maximum atomic E-state index is 13.3. The smallest absolute Gasteiger partial charge is 0.265 e. The third-order valence-corrected chi connectivity index (χ3v) is 4.45. The van der Waals surface area contributed by atoms with E-state index in [-0.39, 0.29) is 11.5 Å². The Morgan fingerprint density at radius 3 is 2.54 bits per heavy atom. The van der Waals surface area contributed by atoms with Crippen LogP contribution in [0.1, 0.15) is 15.9 Å². The van der Waals surface area contributed by atoms with E-state index < -0.39 is 17.8 Å². The Balaban J connectivity index is 1.49. The van der Waals surface area contributed by atoms with Crippen LogP contribution in [0.2, 0.25) is 0 Å². The summed E-state index contributed by atoms with van der Waals surface area (Å²) in [5.41, 5.74) is 1.94. The van der Waals surface area contributed by atoms with Gasteiger partial charge in [0, 0.05) is 12.1 Å². The highest BCUT2D eigenvalue weighted by Gasteiger charge is 2.29. The molecule has 140 valence electrons. The number of benzene rings is 3. The zero-order valence-electron chi connectivity index (χ0n) is 14.8. The van der Waals surface area contributed by atoms with E-state index in [1.165, 1.54) is 18.2 Å². The molecule has 1 heterocycles. The summed E-state index contributed by atoms with van der Waals surface area (Å²) in [6, 6.07) is 19.8. The maximum Gasteiger partial charge on any atom is 0.265 e. The zero-order chi connectivity index (χ0) is 19.5. The number of hydrogen-bond donors (Lipinski definition) is 2. The predicted molar refractivity (Wildman–Crippen MR) is 104 cm³/mol. The highest BCUT2D eigenvalue weighted by molar-refractivity contribution is 6.10. The molecule has 0 spiro atoms. The minimum atomic E-state index is -0.656. The Morgan fingerprint density at radius 1 is 0.929 bits per heavy atom. The first-order valence-electron chi connectivity index (χ1n) is 8.81. The predicted octanol–water partition coefficient (Wildman–Crippen LogP) is 4.02. The van der Waals surface area contributed by atoms with Crippen LogP contribution in [0.4, 0.5) is 15.8 Å². The molecule has 5 nitrogen and oxygen atoms in total. The number of hydrogen-bond acceptors (Lipinski definition) is 3. The molecule has 0 fully saturated rings. The number of anilines is 2. The highest BCUT2D eigenvalue weighted by atomic mass is 19.1. The topological polar surface area (TPSA) is 67.4 Å². The van der Waals surface area contributed by atoms with Gasteiger partial charge in [0.15, 0.2) is 6.10 Å². The van der Waals surface area contributed by atoms with Gasteiger partial charge in [-0.3, -0.25) is 9.59 Å². The van der Waals surface area contributed by atoms with Crippen LogP contribution < -0.4 is 15.4 Å². The number of carbonyl (C=O) groups is 2. The average Bonchev–Trinajstić information content (AvgIpc) is 3.13. The molecule has 6 heteroatoms. The number of fused-ring (bicyclic) bond motifs is 1. The summed E-state index contributed by atoms with van der Waals surface area (Å²) in [6.45, 7) is 0. The number of ether oxygens (including phenoxy) is 1. The summed E-state index contributed by atoms with van der Waals surface area (Å²) < 4.78 is 19.0. The van der Waals surface area contributed by atoms with Crippen molar-refractivity contribution in [1.82, 2.24) is 0 Å². The van der Waals surface area contributed by atoms with E-state index in [9.17, 15) is 14.0 Å². The highest BCUT2D eigenvalue weighted by Crippen LogP contribution is 2.29. The van der Waals surface area contributed by atoms with E-state index in [1.807, 2.05) is 24.3 Å². The van der Waals surface area contributed by atoms with Crippen molar-refractivity contribution < 1.29 is 18.7 Å². The molecule has 1 aliphatic heterocycles. The normalized spacial score (nSPS) is 14.7. The lowest BCUT2D eigenvalue weighted by Crippen LogP contribution is -2.32. The largest absolute Gasteiger partial charge is 0.480 e. The van der Waals surface area contributed by atoms with Crippen molar-refractivity contribution >= 4 is 23.2 Å². The second-order valence-corrected chi connectivity index (χ2v) is 6.42. The second-order valence-electron chi connectivity index (χ2n) is 6.42. The summed E-state index contributed by atoms with van der Waals surface area (Å²) in [7, 11) is 0. The maximum absolute atomic E-state index is 13.3. The van der Waals surface area contributed by atoms with Crippen LogP contribution in [-0.4, -0.2) is 17.9 Å². The first-order chi connectivity index (χ1) is 13.6. The van der Waals surface area contributed by atoms with Gasteiger partial charge in [0.05, 0.1) is 11.3 Å². The number of nitrogens with one attached hydrogen (secondary N) is 2. The number of carbonyl (C=O) groups excluding carboxylic acids is 2. The SMILES string of the molecule is O=C(Nc1cccc(F)c1)c1ccccc1NC(=O)[C@@H]1Cc2ccccc2O1. The number of rotatable bonds is 4. The Morgan fingerprint density at radius 2 is 1.71 bits per heavy atom. The van der Waals surface area contributed by atoms with E-state index in [0.717, 1.165) is 5.56 Å². The van der Waals surface area contributed by atoms with E-state index in [1.54, 1.807) is 30.3 Å². The van der Waals surface area contributed by atoms with Crippen LogP contribution in [0.5, 0.6) is 5.75 Å².